The molecule has 1 N–H and O–H groups in total. The highest BCUT2D eigenvalue weighted by atomic mass is 15.4. The molecule has 0 unspecified atom stereocenters. The lowest BCUT2D eigenvalue weighted by atomic mass is 10.2. The van der Waals surface area contributed by atoms with E-state index >= 15 is 0 Å². The van der Waals surface area contributed by atoms with E-state index in [4.69, 9.17) is 0 Å². The van der Waals surface area contributed by atoms with E-state index in [2.05, 4.69) is 24.3 Å². The predicted octanol–water partition coefficient (Wildman–Crippen LogP) is 1.18. The molecule has 1 heterocycles. The van der Waals surface area contributed by atoms with E-state index in [1.807, 2.05) is 17.9 Å². The molecular formula is C7H13N3. The summed E-state index contributed by atoms with van der Waals surface area (Å²) in [5.41, 5.74) is 4.08. The van der Waals surface area contributed by atoms with Crippen LogP contribution in [-0.2, 0) is 0 Å². The van der Waals surface area contributed by atoms with Gasteiger partial charge in [0.25, 0.3) is 0 Å². The van der Waals surface area contributed by atoms with Crippen LogP contribution in [0, 0.1) is 0 Å². The lowest BCUT2D eigenvalue weighted by Crippen LogP contribution is -2.04. The number of rotatable bonds is 2. The fourth-order valence-corrected chi connectivity index (χ4v) is 0.758. The summed E-state index contributed by atoms with van der Waals surface area (Å²) in [4.78, 5) is 4.19. The summed E-state index contributed by atoms with van der Waals surface area (Å²) in [5.74, 6) is 0.509. The van der Waals surface area contributed by atoms with Gasteiger partial charge in [-0.2, -0.15) is 0 Å². The molecule has 10 heavy (non-hydrogen) atoms. The molecule has 0 aliphatic rings. The zero-order valence-electron chi connectivity index (χ0n) is 6.63. The molecule has 0 fully saturated rings. The maximum Gasteiger partial charge on any atom is 0.114 e. The van der Waals surface area contributed by atoms with Gasteiger partial charge in [-0.15, -0.1) is 0 Å². The van der Waals surface area contributed by atoms with Gasteiger partial charge in [0, 0.05) is 13.2 Å². The van der Waals surface area contributed by atoms with Crippen molar-refractivity contribution >= 4 is 0 Å². The Kier molecular flexibility index (Phi) is 1.94. The van der Waals surface area contributed by atoms with Crippen LogP contribution in [0.25, 0.3) is 0 Å². The Morgan fingerprint density at radius 1 is 1.60 bits per heavy atom. The van der Waals surface area contributed by atoms with Gasteiger partial charge in [0.05, 0.1) is 5.69 Å². The molecule has 1 aromatic heterocycles. The molecule has 1 rings (SSSR count). The third-order valence-electron chi connectivity index (χ3n) is 1.45. The van der Waals surface area contributed by atoms with Crippen molar-refractivity contribution in [3.63, 3.8) is 0 Å². The van der Waals surface area contributed by atoms with Gasteiger partial charge < -0.3 is 5.43 Å². The van der Waals surface area contributed by atoms with E-state index in [-0.39, 0.29) is 0 Å². The Morgan fingerprint density at radius 2 is 2.30 bits per heavy atom. The normalized spacial score (nSPS) is 10.4. The summed E-state index contributed by atoms with van der Waals surface area (Å²) < 4.78 is 1.84. The van der Waals surface area contributed by atoms with Gasteiger partial charge in [0.1, 0.15) is 6.33 Å². The van der Waals surface area contributed by atoms with Gasteiger partial charge in [0.15, 0.2) is 0 Å². The van der Waals surface area contributed by atoms with E-state index in [0.29, 0.717) is 5.92 Å². The molecule has 0 bridgehead atoms. The highest BCUT2D eigenvalue weighted by molar-refractivity contribution is 5.02. The minimum atomic E-state index is 0.509. The molecule has 0 aliphatic carbocycles. The summed E-state index contributed by atoms with van der Waals surface area (Å²) >= 11 is 0. The number of nitrogens with one attached hydrogen (secondary N) is 1. The van der Waals surface area contributed by atoms with Gasteiger partial charge in [-0.25, -0.2) is 4.98 Å². The molecule has 0 spiro atoms. The number of nitrogens with zero attached hydrogens (tertiary/aromatic N) is 2. The molecule has 3 nitrogen and oxygen atoms in total. The number of aromatic nitrogens is 2. The Balaban J connectivity index is 2.78. The Labute approximate surface area is 61.0 Å². The first kappa shape index (κ1) is 7.12. The van der Waals surface area contributed by atoms with Crippen molar-refractivity contribution in [3.8, 4) is 0 Å². The predicted molar refractivity (Wildman–Crippen MR) is 41.6 cm³/mol. The second kappa shape index (κ2) is 2.73. The van der Waals surface area contributed by atoms with Gasteiger partial charge >= 0.3 is 0 Å². The first-order valence-corrected chi connectivity index (χ1v) is 3.45. The Bertz CT molecular complexity index is 202. The minimum absolute atomic E-state index is 0.509. The van der Waals surface area contributed by atoms with Gasteiger partial charge in [-0.1, -0.05) is 13.8 Å². The van der Waals surface area contributed by atoms with Crippen molar-refractivity contribution < 1.29 is 0 Å². The molecule has 56 valence electrons. The summed E-state index contributed by atoms with van der Waals surface area (Å²) in [5, 5.41) is 0. The molecule has 0 aromatic carbocycles. The average Bonchev–Trinajstić information content (AvgIpc) is 2.34. The first-order valence-electron chi connectivity index (χ1n) is 3.45. The van der Waals surface area contributed by atoms with Crippen LogP contribution in [0.5, 0.6) is 0 Å². The van der Waals surface area contributed by atoms with Gasteiger partial charge in [-0.3, -0.25) is 4.68 Å². The van der Waals surface area contributed by atoms with E-state index in [0.717, 1.165) is 5.69 Å². The number of hydrogen-bond donors (Lipinski definition) is 1. The number of imidazole rings is 1. The third kappa shape index (κ3) is 1.29. The molecule has 0 saturated heterocycles. The quantitative estimate of drug-likeness (QED) is 0.666. The number of hydrogen-bond acceptors (Lipinski definition) is 2. The summed E-state index contributed by atoms with van der Waals surface area (Å²) in [6.45, 7) is 4.25. The summed E-state index contributed by atoms with van der Waals surface area (Å²) in [6, 6.07) is 0. The average molecular weight is 139 g/mol. The highest BCUT2D eigenvalue weighted by Crippen LogP contribution is 2.09. The maximum absolute atomic E-state index is 4.19. The van der Waals surface area contributed by atoms with E-state index in [9.17, 15) is 0 Å². The molecule has 3 heteroatoms. The zero-order valence-corrected chi connectivity index (χ0v) is 6.63. The van der Waals surface area contributed by atoms with Crippen LogP contribution in [0.3, 0.4) is 0 Å². The van der Waals surface area contributed by atoms with Crippen LogP contribution in [-0.4, -0.2) is 16.7 Å². The van der Waals surface area contributed by atoms with Gasteiger partial charge in [-0.05, 0) is 5.92 Å². The van der Waals surface area contributed by atoms with Crippen LogP contribution in [0.4, 0.5) is 0 Å². The zero-order chi connectivity index (χ0) is 7.56. The highest BCUT2D eigenvalue weighted by Gasteiger charge is 2.00. The molecule has 0 radical (unpaired) electrons. The van der Waals surface area contributed by atoms with Gasteiger partial charge in [0.2, 0.25) is 0 Å². The molecule has 0 amide bonds. The van der Waals surface area contributed by atoms with Crippen molar-refractivity contribution in [2.75, 3.05) is 12.5 Å². The van der Waals surface area contributed by atoms with Crippen molar-refractivity contribution in [1.29, 1.82) is 0 Å². The topological polar surface area (TPSA) is 29.9 Å². The van der Waals surface area contributed by atoms with Crippen LogP contribution < -0.4 is 5.43 Å². The fourth-order valence-electron chi connectivity index (χ4n) is 0.758. The van der Waals surface area contributed by atoms with Crippen molar-refractivity contribution in [2.24, 2.45) is 0 Å². The second-order valence-corrected chi connectivity index (χ2v) is 2.58. The van der Waals surface area contributed by atoms with Crippen LogP contribution in [0.1, 0.15) is 25.5 Å². The first-order chi connectivity index (χ1) is 4.74. The van der Waals surface area contributed by atoms with Crippen LogP contribution >= 0.6 is 0 Å². The smallest absolute Gasteiger partial charge is 0.114 e. The lowest BCUT2D eigenvalue weighted by Gasteiger charge is -1.97. The van der Waals surface area contributed by atoms with E-state index in [1.165, 1.54) is 0 Å². The van der Waals surface area contributed by atoms with Crippen LogP contribution in [0.2, 0.25) is 0 Å². The van der Waals surface area contributed by atoms with E-state index in [1.54, 1.807) is 6.33 Å². The van der Waals surface area contributed by atoms with Crippen molar-refractivity contribution in [1.82, 2.24) is 9.66 Å². The summed E-state index contributed by atoms with van der Waals surface area (Å²) in [7, 11) is 1.87. The standard InChI is InChI=1S/C7H13N3/c1-6(2)7-4-10(8-3)5-9-7/h4-6,8H,1-3H3. The largest absolute Gasteiger partial charge is 0.328 e. The molecule has 0 atom stereocenters. The molecular weight excluding hydrogens is 126 g/mol. The Hall–Kier alpha value is -0.990. The monoisotopic (exact) mass is 139 g/mol. The van der Waals surface area contributed by atoms with Crippen molar-refractivity contribution in [2.45, 2.75) is 19.8 Å². The molecule has 0 aliphatic heterocycles. The van der Waals surface area contributed by atoms with Crippen LogP contribution in [0.15, 0.2) is 12.5 Å². The minimum Gasteiger partial charge on any atom is -0.328 e. The SMILES string of the molecule is CNn1cnc(C(C)C)c1. The summed E-state index contributed by atoms with van der Waals surface area (Å²) in [6.07, 6.45) is 3.76. The van der Waals surface area contributed by atoms with E-state index < -0.39 is 0 Å². The third-order valence-corrected chi connectivity index (χ3v) is 1.45. The molecule has 0 saturated carbocycles. The fraction of sp³-hybridized carbons (Fsp3) is 0.571. The second-order valence-electron chi connectivity index (χ2n) is 2.58. The maximum atomic E-state index is 4.19. The molecule has 1 aromatic rings. The van der Waals surface area contributed by atoms with Crippen molar-refractivity contribution in [3.05, 3.63) is 18.2 Å². The lowest BCUT2D eigenvalue weighted by molar-refractivity contribution is 0.829. The Morgan fingerprint density at radius 3 is 2.60 bits per heavy atom.